The van der Waals surface area contributed by atoms with Gasteiger partial charge in [0.2, 0.25) is 0 Å². The molecular weight excluding hydrogens is 747 g/mol. The Morgan fingerprint density at radius 2 is 1.07 bits per heavy atom. The predicted molar refractivity (Wildman–Crippen MR) is 255 cm³/mol. The largest absolute Gasteiger partial charge is 0.309 e. The second-order valence-electron chi connectivity index (χ2n) is 15.9. The van der Waals surface area contributed by atoms with Crippen LogP contribution < -0.4 is 0 Å². The average molecular weight is 790 g/mol. The quantitative estimate of drug-likeness (QED) is 0.117. The van der Waals surface area contributed by atoms with Crippen molar-refractivity contribution in [2.24, 2.45) is 9.98 Å². The highest BCUT2D eigenvalue weighted by Gasteiger charge is 2.36. The molecule has 1 aliphatic rings. The molecule has 0 saturated carbocycles. The minimum atomic E-state index is -0.292. The van der Waals surface area contributed by atoms with E-state index in [9.17, 15) is 0 Å². The third-order valence-corrected chi connectivity index (χ3v) is 13.1. The summed E-state index contributed by atoms with van der Waals surface area (Å²) in [6.45, 7) is 11.2. The standard InChI is InChI=1S/C56H43N3S/c1-37(39-19-9-5-10-20-39)57-55(58-38(2)40-21-11-6-12-22-40)46-28-18-30-50-54(46)60-53-45(27-17-29-49(53)56(50,3)4)43-32-34-52-48(36-43)47-35-42(41-23-13-7-14-24-41)31-33-51(47)59(52)44-25-15-8-16-26-44/h5-36H,1H2,2-4H3. The fourth-order valence-corrected chi connectivity index (χ4v) is 10.3. The second-order valence-corrected chi connectivity index (χ2v) is 16.9. The van der Waals surface area contributed by atoms with Crippen LogP contribution in [0.3, 0.4) is 0 Å². The number of nitrogens with zero attached hydrogens (tertiary/aromatic N) is 3. The van der Waals surface area contributed by atoms with E-state index in [1.165, 1.54) is 65.0 Å². The Kier molecular flexibility index (Phi) is 9.51. The van der Waals surface area contributed by atoms with Crippen LogP contribution >= 0.6 is 11.8 Å². The maximum atomic E-state index is 5.28. The fourth-order valence-electron chi connectivity index (χ4n) is 8.66. The lowest BCUT2D eigenvalue weighted by Crippen LogP contribution is -2.25. The van der Waals surface area contributed by atoms with Crippen molar-refractivity contribution in [3.05, 3.63) is 229 Å². The minimum absolute atomic E-state index is 0.292. The molecule has 0 amide bonds. The number of hydrogen-bond acceptors (Lipinski definition) is 2. The predicted octanol–water partition coefficient (Wildman–Crippen LogP) is 14.8. The number of hydrogen-bond donors (Lipinski definition) is 0. The summed E-state index contributed by atoms with van der Waals surface area (Å²) >= 11 is 1.83. The number of aliphatic imine (C=N–C) groups is 2. The normalized spacial score (nSPS) is 13.6. The van der Waals surface area contributed by atoms with Gasteiger partial charge in [0.05, 0.1) is 16.7 Å². The molecule has 0 bridgehead atoms. The molecule has 0 radical (unpaired) electrons. The van der Waals surface area contributed by atoms with Crippen molar-refractivity contribution >= 4 is 50.8 Å². The Hall–Kier alpha value is -7.01. The van der Waals surface area contributed by atoms with Gasteiger partial charge in [-0.2, -0.15) is 0 Å². The molecule has 0 fully saturated rings. The summed E-state index contributed by atoms with van der Waals surface area (Å²) in [5, 5.41) is 2.45. The summed E-state index contributed by atoms with van der Waals surface area (Å²) in [5.41, 5.74) is 15.2. The number of benzene rings is 8. The van der Waals surface area contributed by atoms with Gasteiger partial charge in [0, 0.05) is 42.9 Å². The second kappa shape index (κ2) is 15.3. The number of aromatic nitrogens is 1. The van der Waals surface area contributed by atoms with Crippen LogP contribution in [0.4, 0.5) is 0 Å². The van der Waals surface area contributed by atoms with Gasteiger partial charge in [-0.3, -0.25) is 0 Å². The van der Waals surface area contributed by atoms with Gasteiger partial charge >= 0.3 is 0 Å². The zero-order valence-corrected chi connectivity index (χ0v) is 34.7. The molecule has 0 saturated heterocycles. The van der Waals surface area contributed by atoms with Crippen LogP contribution in [0, 0.1) is 0 Å². The van der Waals surface area contributed by atoms with E-state index in [1.807, 2.05) is 48.2 Å². The molecule has 10 rings (SSSR count). The lowest BCUT2D eigenvalue weighted by atomic mass is 9.76. The molecule has 0 spiro atoms. The third-order valence-electron chi connectivity index (χ3n) is 11.8. The minimum Gasteiger partial charge on any atom is -0.309 e. The molecule has 0 N–H and O–H groups in total. The Morgan fingerprint density at radius 3 is 1.73 bits per heavy atom. The first-order chi connectivity index (χ1) is 29.3. The molecule has 60 heavy (non-hydrogen) atoms. The highest BCUT2D eigenvalue weighted by Crippen LogP contribution is 2.53. The lowest BCUT2D eigenvalue weighted by molar-refractivity contribution is 0.607. The SMILES string of the molecule is C=C(N=C(N=C(C)c1ccccc1)c1cccc2c1Sc1c(-c3ccc4c(c3)c3cc(-c5ccccc5)ccc3n4-c3ccccc3)cccc1C2(C)C)c1ccccc1. The number of amidine groups is 1. The van der Waals surface area contributed by atoms with Crippen molar-refractivity contribution in [3.8, 4) is 27.9 Å². The van der Waals surface area contributed by atoms with Crippen LogP contribution in [0.1, 0.15) is 48.6 Å². The first-order valence-corrected chi connectivity index (χ1v) is 21.3. The van der Waals surface area contributed by atoms with Crippen LogP contribution in [0.5, 0.6) is 0 Å². The van der Waals surface area contributed by atoms with Crippen LogP contribution in [0.2, 0.25) is 0 Å². The van der Waals surface area contributed by atoms with E-state index in [2.05, 4.69) is 190 Å². The Labute approximate surface area is 356 Å². The van der Waals surface area contributed by atoms with Crippen LogP contribution in [-0.2, 0) is 5.41 Å². The van der Waals surface area contributed by atoms with Crippen molar-refractivity contribution in [2.45, 2.75) is 36.0 Å². The zero-order valence-electron chi connectivity index (χ0n) is 33.9. The summed E-state index contributed by atoms with van der Waals surface area (Å²) in [6.07, 6.45) is 0. The lowest BCUT2D eigenvalue weighted by Gasteiger charge is -2.36. The summed E-state index contributed by atoms with van der Waals surface area (Å²) in [7, 11) is 0. The van der Waals surface area contributed by atoms with Gasteiger partial charge in [-0.1, -0.05) is 190 Å². The van der Waals surface area contributed by atoms with Crippen molar-refractivity contribution in [3.63, 3.8) is 0 Å². The molecule has 1 aromatic heterocycles. The topological polar surface area (TPSA) is 29.6 Å². The average Bonchev–Trinajstić information content (AvgIpc) is 3.62. The van der Waals surface area contributed by atoms with E-state index in [-0.39, 0.29) is 5.41 Å². The molecule has 1 aliphatic heterocycles. The molecule has 0 aliphatic carbocycles. The summed E-state index contributed by atoms with van der Waals surface area (Å²) < 4.78 is 2.40. The first kappa shape index (κ1) is 37.3. The third kappa shape index (κ3) is 6.60. The molecule has 288 valence electrons. The van der Waals surface area contributed by atoms with E-state index < -0.39 is 0 Å². The number of para-hydroxylation sites is 1. The molecule has 8 aromatic carbocycles. The Bertz CT molecular complexity index is 3140. The molecule has 4 heteroatoms. The van der Waals surface area contributed by atoms with E-state index in [4.69, 9.17) is 9.98 Å². The molecule has 9 aromatic rings. The maximum Gasteiger partial charge on any atom is 0.161 e. The highest BCUT2D eigenvalue weighted by atomic mass is 32.2. The van der Waals surface area contributed by atoms with E-state index in [0.29, 0.717) is 11.5 Å². The fraction of sp³-hybridized carbons (Fsp3) is 0.0714. The number of rotatable bonds is 7. The first-order valence-electron chi connectivity index (χ1n) is 20.4. The maximum absolute atomic E-state index is 5.28. The Balaban J connectivity index is 1.15. The van der Waals surface area contributed by atoms with Gasteiger partial charge in [-0.15, -0.1) is 0 Å². The van der Waals surface area contributed by atoms with Crippen LogP contribution in [0.15, 0.2) is 220 Å². The van der Waals surface area contributed by atoms with Gasteiger partial charge in [-0.05, 0) is 87.8 Å². The van der Waals surface area contributed by atoms with E-state index in [1.54, 1.807) is 0 Å². The monoisotopic (exact) mass is 789 g/mol. The van der Waals surface area contributed by atoms with Crippen molar-refractivity contribution < 1.29 is 0 Å². The van der Waals surface area contributed by atoms with Crippen molar-refractivity contribution in [2.75, 3.05) is 0 Å². The molecular formula is C56H43N3S. The Morgan fingerprint density at radius 1 is 0.517 bits per heavy atom. The van der Waals surface area contributed by atoms with E-state index >= 15 is 0 Å². The molecule has 0 unspecified atom stereocenters. The van der Waals surface area contributed by atoms with Gasteiger partial charge in [-0.25, -0.2) is 9.98 Å². The van der Waals surface area contributed by atoms with Crippen LogP contribution in [-0.4, -0.2) is 16.1 Å². The van der Waals surface area contributed by atoms with E-state index in [0.717, 1.165) is 28.1 Å². The van der Waals surface area contributed by atoms with Crippen molar-refractivity contribution in [1.82, 2.24) is 4.57 Å². The van der Waals surface area contributed by atoms with Gasteiger partial charge in [0.15, 0.2) is 5.84 Å². The van der Waals surface area contributed by atoms with Gasteiger partial charge < -0.3 is 4.57 Å². The zero-order chi connectivity index (χ0) is 40.8. The van der Waals surface area contributed by atoms with Gasteiger partial charge in [0.25, 0.3) is 0 Å². The summed E-state index contributed by atoms with van der Waals surface area (Å²) in [4.78, 5) is 12.9. The summed E-state index contributed by atoms with van der Waals surface area (Å²) in [5.74, 6) is 0.649. The van der Waals surface area contributed by atoms with Crippen LogP contribution in [0.25, 0.3) is 55.4 Å². The highest BCUT2D eigenvalue weighted by molar-refractivity contribution is 7.99. The van der Waals surface area contributed by atoms with Gasteiger partial charge in [0.1, 0.15) is 0 Å². The molecule has 0 atom stereocenters. The smallest absolute Gasteiger partial charge is 0.161 e. The summed E-state index contributed by atoms with van der Waals surface area (Å²) in [6, 6.07) is 69.1. The molecule has 2 heterocycles. The van der Waals surface area contributed by atoms with Crippen molar-refractivity contribution in [1.29, 1.82) is 0 Å². The number of fused-ring (bicyclic) bond motifs is 5. The molecule has 3 nitrogen and oxygen atoms in total.